The zero-order valence-electron chi connectivity index (χ0n) is 11.2. The Balaban J connectivity index is 1.86. The van der Waals surface area contributed by atoms with E-state index in [9.17, 15) is 14.7 Å². The van der Waals surface area contributed by atoms with Crippen molar-refractivity contribution in [1.82, 2.24) is 5.32 Å². The first-order valence-corrected chi connectivity index (χ1v) is 7.07. The molecule has 2 fully saturated rings. The van der Waals surface area contributed by atoms with E-state index in [2.05, 4.69) is 5.32 Å². The molecule has 0 spiro atoms. The summed E-state index contributed by atoms with van der Waals surface area (Å²) in [7, 11) is 0. The molecule has 4 heteroatoms. The van der Waals surface area contributed by atoms with Crippen molar-refractivity contribution in [1.29, 1.82) is 0 Å². The van der Waals surface area contributed by atoms with Gasteiger partial charge in [0.1, 0.15) is 0 Å². The molecule has 0 aromatic heterocycles. The molecule has 2 aliphatic carbocycles. The van der Waals surface area contributed by atoms with Crippen molar-refractivity contribution in [3.8, 4) is 0 Å². The Morgan fingerprint density at radius 1 is 1.22 bits per heavy atom. The molecule has 2 rings (SSSR count). The summed E-state index contributed by atoms with van der Waals surface area (Å²) in [5, 5.41) is 12.2. The molecular formula is C14H23NO3. The summed E-state index contributed by atoms with van der Waals surface area (Å²) >= 11 is 0. The lowest BCUT2D eigenvalue weighted by Gasteiger charge is -2.27. The monoisotopic (exact) mass is 253 g/mol. The topological polar surface area (TPSA) is 66.4 Å². The second kappa shape index (κ2) is 4.90. The Labute approximate surface area is 108 Å². The lowest BCUT2D eigenvalue weighted by atomic mass is 9.82. The average molecular weight is 253 g/mol. The minimum Gasteiger partial charge on any atom is -0.481 e. The van der Waals surface area contributed by atoms with Crippen molar-refractivity contribution >= 4 is 11.9 Å². The summed E-state index contributed by atoms with van der Waals surface area (Å²) in [5.41, 5.74) is -0.792. The molecule has 0 bridgehead atoms. The molecule has 18 heavy (non-hydrogen) atoms. The number of carbonyl (C=O) groups excluding carboxylic acids is 1. The lowest BCUT2D eigenvalue weighted by molar-refractivity contribution is -0.149. The van der Waals surface area contributed by atoms with Crippen LogP contribution < -0.4 is 5.32 Å². The van der Waals surface area contributed by atoms with E-state index in [4.69, 9.17) is 0 Å². The number of carboxylic acids is 1. The van der Waals surface area contributed by atoms with Gasteiger partial charge in [-0.2, -0.15) is 0 Å². The van der Waals surface area contributed by atoms with Crippen LogP contribution in [0.3, 0.4) is 0 Å². The van der Waals surface area contributed by atoms with E-state index in [1.165, 1.54) is 19.3 Å². The fraction of sp³-hybridized carbons (Fsp3) is 0.857. The smallest absolute Gasteiger partial charge is 0.311 e. The molecule has 0 radical (unpaired) electrons. The second-order valence-electron chi connectivity index (χ2n) is 5.79. The highest BCUT2D eigenvalue weighted by Gasteiger charge is 2.56. The minimum absolute atomic E-state index is 0.0808. The Bertz CT molecular complexity index is 339. The van der Waals surface area contributed by atoms with Crippen LogP contribution in [0.25, 0.3) is 0 Å². The lowest BCUT2D eigenvalue weighted by Crippen LogP contribution is -2.43. The molecule has 0 heterocycles. The molecule has 0 aromatic carbocycles. The average Bonchev–Trinajstić information content (AvgIpc) is 2.84. The Kier molecular flexibility index (Phi) is 3.64. The van der Waals surface area contributed by atoms with Crippen LogP contribution in [0.4, 0.5) is 0 Å². The molecule has 1 amide bonds. The number of nitrogens with one attached hydrogen (secondary N) is 1. The number of carboxylic acid groups (broad SMARTS) is 1. The zero-order chi connectivity index (χ0) is 13.3. The van der Waals surface area contributed by atoms with Crippen LogP contribution >= 0.6 is 0 Å². The van der Waals surface area contributed by atoms with Gasteiger partial charge in [-0.3, -0.25) is 9.59 Å². The number of fused-ring (bicyclic) bond motifs is 1. The van der Waals surface area contributed by atoms with Gasteiger partial charge in [0, 0.05) is 12.5 Å². The summed E-state index contributed by atoms with van der Waals surface area (Å²) in [5.74, 6) is 0.639. The van der Waals surface area contributed by atoms with Crippen LogP contribution in [0, 0.1) is 23.2 Å². The molecule has 4 nitrogen and oxygen atoms in total. The SMILES string of the molecule is CCC(CC)(CNC(=O)C1[C@H]2CCC[C@@H]12)C(=O)O. The number of rotatable bonds is 6. The molecule has 0 aliphatic heterocycles. The zero-order valence-corrected chi connectivity index (χ0v) is 11.2. The Hall–Kier alpha value is -1.06. The van der Waals surface area contributed by atoms with Crippen LogP contribution in [0.5, 0.6) is 0 Å². The molecule has 2 N–H and O–H groups in total. The first-order valence-electron chi connectivity index (χ1n) is 7.07. The van der Waals surface area contributed by atoms with E-state index in [0.717, 1.165) is 0 Å². The standard InChI is InChI=1S/C14H23NO3/c1-3-14(4-2,13(17)18)8-15-12(16)11-9-6-5-7-10(9)11/h9-11H,3-8H2,1-2H3,(H,15,16)(H,17,18)/t9-,10+,11?. The second-order valence-corrected chi connectivity index (χ2v) is 5.79. The highest BCUT2D eigenvalue weighted by Crippen LogP contribution is 2.57. The van der Waals surface area contributed by atoms with Crippen molar-refractivity contribution < 1.29 is 14.7 Å². The van der Waals surface area contributed by atoms with E-state index < -0.39 is 11.4 Å². The van der Waals surface area contributed by atoms with Crippen molar-refractivity contribution in [2.75, 3.05) is 6.54 Å². The Morgan fingerprint density at radius 3 is 2.22 bits per heavy atom. The minimum atomic E-state index is -0.802. The van der Waals surface area contributed by atoms with Gasteiger partial charge in [-0.15, -0.1) is 0 Å². The van der Waals surface area contributed by atoms with Crippen molar-refractivity contribution in [2.45, 2.75) is 46.0 Å². The summed E-state index contributed by atoms with van der Waals surface area (Å²) in [4.78, 5) is 23.3. The normalized spacial score (nSPS) is 29.8. The fourth-order valence-corrected chi connectivity index (χ4v) is 3.46. The third-order valence-electron chi connectivity index (χ3n) is 5.12. The third-order valence-corrected chi connectivity index (χ3v) is 5.12. The van der Waals surface area contributed by atoms with Crippen LogP contribution in [0.15, 0.2) is 0 Å². The van der Waals surface area contributed by atoms with Gasteiger partial charge < -0.3 is 10.4 Å². The van der Waals surface area contributed by atoms with Crippen molar-refractivity contribution in [3.05, 3.63) is 0 Å². The molecule has 0 aromatic rings. The molecular weight excluding hydrogens is 230 g/mol. The first kappa shape index (κ1) is 13.4. The predicted octanol–water partition coefficient (Wildman–Crippen LogP) is 2.04. The van der Waals surface area contributed by atoms with E-state index in [-0.39, 0.29) is 18.4 Å². The molecule has 0 saturated heterocycles. The van der Waals surface area contributed by atoms with Crippen molar-refractivity contribution in [3.63, 3.8) is 0 Å². The highest BCUT2D eigenvalue weighted by molar-refractivity contribution is 5.83. The van der Waals surface area contributed by atoms with Gasteiger partial charge in [-0.1, -0.05) is 20.3 Å². The summed E-state index contributed by atoms with van der Waals surface area (Å²) in [6, 6.07) is 0. The maximum atomic E-state index is 12.0. The van der Waals surface area contributed by atoms with Crippen LogP contribution in [-0.4, -0.2) is 23.5 Å². The van der Waals surface area contributed by atoms with Crippen LogP contribution in [-0.2, 0) is 9.59 Å². The maximum absolute atomic E-state index is 12.0. The predicted molar refractivity (Wildman–Crippen MR) is 68.0 cm³/mol. The van der Waals surface area contributed by atoms with E-state index in [0.29, 0.717) is 24.7 Å². The van der Waals surface area contributed by atoms with Gasteiger partial charge in [-0.25, -0.2) is 0 Å². The van der Waals surface area contributed by atoms with Gasteiger partial charge in [0.15, 0.2) is 0 Å². The largest absolute Gasteiger partial charge is 0.481 e. The van der Waals surface area contributed by atoms with Gasteiger partial charge in [0.2, 0.25) is 5.91 Å². The highest BCUT2D eigenvalue weighted by atomic mass is 16.4. The summed E-state index contributed by atoms with van der Waals surface area (Å²) in [6.07, 6.45) is 4.71. The number of hydrogen-bond acceptors (Lipinski definition) is 2. The molecule has 3 atom stereocenters. The molecule has 2 saturated carbocycles. The van der Waals surface area contributed by atoms with Gasteiger partial charge in [-0.05, 0) is 37.5 Å². The van der Waals surface area contributed by atoms with Crippen LogP contribution in [0.2, 0.25) is 0 Å². The maximum Gasteiger partial charge on any atom is 0.311 e. The summed E-state index contributed by atoms with van der Waals surface area (Å²) < 4.78 is 0. The van der Waals surface area contributed by atoms with E-state index in [1.807, 2.05) is 13.8 Å². The van der Waals surface area contributed by atoms with Crippen LogP contribution in [0.1, 0.15) is 46.0 Å². The van der Waals surface area contributed by atoms with Crippen molar-refractivity contribution in [2.24, 2.45) is 23.2 Å². The number of amides is 1. The number of carbonyl (C=O) groups is 2. The van der Waals surface area contributed by atoms with Gasteiger partial charge in [0.05, 0.1) is 5.41 Å². The van der Waals surface area contributed by atoms with E-state index in [1.54, 1.807) is 0 Å². The van der Waals surface area contributed by atoms with E-state index >= 15 is 0 Å². The fourth-order valence-electron chi connectivity index (χ4n) is 3.46. The molecule has 1 unspecified atom stereocenters. The molecule has 102 valence electrons. The van der Waals surface area contributed by atoms with Gasteiger partial charge in [0.25, 0.3) is 0 Å². The Morgan fingerprint density at radius 2 is 1.78 bits per heavy atom. The quantitative estimate of drug-likeness (QED) is 0.761. The number of hydrogen-bond donors (Lipinski definition) is 2. The number of aliphatic carboxylic acids is 1. The molecule has 2 aliphatic rings. The van der Waals surface area contributed by atoms with Gasteiger partial charge >= 0.3 is 5.97 Å². The first-order chi connectivity index (χ1) is 8.55. The third kappa shape index (κ3) is 2.13. The summed E-state index contributed by atoms with van der Waals surface area (Å²) in [6.45, 7) is 4.01.